The fraction of sp³-hybridized carbons (Fsp3) is 0.333. The van der Waals surface area contributed by atoms with Crippen LogP contribution in [-0.4, -0.2) is 0 Å². The van der Waals surface area contributed by atoms with Crippen molar-refractivity contribution in [2.24, 2.45) is 5.73 Å². The number of nitrogens with two attached hydrogens (primary N) is 1. The van der Waals surface area contributed by atoms with Crippen LogP contribution in [-0.2, 0) is 18.4 Å². The molecule has 1 nitrogen and oxygen atoms in total. The highest BCUT2D eigenvalue weighted by atomic mass is 14.7. The largest absolute Gasteiger partial charge is 0.321 e. The summed E-state index contributed by atoms with van der Waals surface area (Å²) in [6.07, 6.45) is 3.07. The quantitative estimate of drug-likeness (QED) is 0.822. The Morgan fingerprint density at radius 3 is 2.53 bits per heavy atom. The molecule has 0 aromatic heterocycles. The van der Waals surface area contributed by atoms with Crippen LogP contribution in [0.25, 0.3) is 0 Å². The van der Waals surface area contributed by atoms with Gasteiger partial charge in [0.1, 0.15) is 0 Å². The second-order valence-electron chi connectivity index (χ2n) is 5.92. The number of hydrogen-bond acceptors (Lipinski definition) is 1. The van der Waals surface area contributed by atoms with Crippen molar-refractivity contribution >= 4 is 0 Å². The van der Waals surface area contributed by atoms with Gasteiger partial charge in [-0.3, -0.25) is 0 Å². The first-order chi connectivity index (χ1) is 9.08. The van der Waals surface area contributed by atoms with E-state index < -0.39 is 0 Å². The molecule has 0 heterocycles. The fourth-order valence-corrected chi connectivity index (χ4v) is 3.26. The van der Waals surface area contributed by atoms with Gasteiger partial charge in [0.05, 0.1) is 0 Å². The van der Waals surface area contributed by atoms with Crippen LogP contribution >= 0.6 is 0 Å². The van der Waals surface area contributed by atoms with Crippen molar-refractivity contribution in [3.05, 3.63) is 70.3 Å². The van der Waals surface area contributed by atoms with E-state index in [1.165, 1.54) is 27.8 Å². The van der Waals surface area contributed by atoms with E-state index in [4.69, 9.17) is 5.73 Å². The molecule has 1 unspecified atom stereocenters. The van der Waals surface area contributed by atoms with Crippen LogP contribution in [0.4, 0.5) is 0 Å². The highest BCUT2D eigenvalue weighted by Gasteiger charge is 2.33. The zero-order valence-electron chi connectivity index (χ0n) is 11.7. The topological polar surface area (TPSA) is 26.0 Å². The van der Waals surface area contributed by atoms with E-state index in [9.17, 15) is 0 Å². The molecule has 0 amide bonds. The second-order valence-corrected chi connectivity index (χ2v) is 5.92. The summed E-state index contributed by atoms with van der Waals surface area (Å²) in [4.78, 5) is 0. The van der Waals surface area contributed by atoms with Gasteiger partial charge in [-0.25, -0.2) is 0 Å². The molecule has 2 N–H and O–H groups in total. The lowest BCUT2D eigenvalue weighted by molar-refractivity contribution is 0.383. The molecule has 0 aliphatic heterocycles. The molecule has 0 spiro atoms. The van der Waals surface area contributed by atoms with Gasteiger partial charge < -0.3 is 5.73 Å². The summed E-state index contributed by atoms with van der Waals surface area (Å²) in [5.74, 6) is 0. The Bertz CT molecular complexity index is 615. The lowest BCUT2D eigenvalue weighted by Gasteiger charge is -2.36. The summed E-state index contributed by atoms with van der Waals surface area (Å²) in [7, 11) is 0. The summed E-state index contributed by atoms with van der Waals surface area (Å²) >= 11 is 0. The van der Waals surface area contributed by atoms with Crippen molar-refractivity contribution in [3.8, 4) is 0 Å². The number of benzene rings is 2. The Balaban J connectivity index is 2.04. The summed E-state index contributed by atoms with van der Waals surface area (Å²) in [5, 5.41) is 0. The number of aryl methyl sites for hydroxylation is 3. The molecule has 1 aliphatic rings. The molecule has 0 fully saturated rings. The molecule has 98 valence electrons. The van der Waals surface area contributed by atoms with Gasteiger partial charge in [0, 0.05) is 5.54 Å². The Labute approximate surface area is 115 Å². The molecule has 1 aliphatic carbocycles. The van der Waals surface area contributed by atoms with Crippen LogP contribution in [0.1, 0.15) is 34.2 Å². The Hall–Kier alpha value is -1.60. The molecule has 1 heteroatoms. The van der Waals surface area contributed by atoms with Crippen molar-refractivity contribution in [2.75, 3.05) is 0 Å². The molecule has 0 saturated heterocycles. The molecular weight excluding hydrogens is 230 g/mol. The molecule has 0 radical (unpaired) electrons. The van der Waals surface area contributed by atoms with Crippen LogP contribution in [0.2, 0.25) is 0 Å². The van der Waals surface area contributed by atoms with E-state index >= 15 is 0 Å². The first-order valence-electron chi connectivity index (χ1n) is 7.02. The van der Waals surface area contributed by atoms with E-state index in [2.05, 4.69) is 56.3 Å². The monoisotopic (exact) mass is 251 g/mol. The smallest absolute Gasteiger partial charge is 0.0456 e. The van der Waals surface area contributed by atoms with Crippen LogP contribution in [0.15, 0.2) is 42.5 Å². The summed E-state index contributed by atoms with van der Waals surface area (Å²) in [6.45, 7) is 4.31. The van der Waals surface area contributed by atoms with Gasteiger partial charge >= 0.3 is 0 Å². The third-order valence-electron chi connectivity index (χ3n) is 4.39. The van der Waals surface area contributed by atoms with E-state index in [1.807, 2.05) is 0 Å². The van der Waals surface area contributed by atoms with Gasteiger partial charge in [-0.15, -0.1) is 0 Å². The SMILES string of the molecule is Cc1ccc(C)c(C2(N)CCc3ccccc3C2)c1. The molecule has 0 saturated carbocycles. The van der Waals surface area contributed by atoms with Crippen LogP contribution < -0.4 is 5.73 Å². The predicted molar refractivity (Wildman–Crippen MR) is 80.2 cm³/mol. The zero-order chi connectivity index (χ0) is 13.5. The lowest BCUT2D eigenvalue weighted by Crippen LogP contribution is -2.42. The number of fused-ring (bicyclic) bond motifs is 1. The third-order valence-corrected chi connectivity index (χ3v) is 4.39. The molecule has 1 atom stereocenters. The van der Waals surface area contributed by atoms with Crippen molar-refractivity contribution < 1.29 is 0 Å². The zero-order valence-corrected chi connectivity index (χ0v) is 11.7. The molecular formula is C18H21N. The maximum atomic E-state index is 6.76. The predicted octanol–water partition coefficient (Wildman–Crippen LogP) is 3.65. The van der Waals surface area contributed by atoms with E-state index in [-0.39, 0.29) is 5.54 Å². The third kappa shape index (κ3) is 2.19. The van der Waals surface area contributed by atoms with Gasteiger partial charge in [-0.1, -0.05) is 48.0 Å². The average molecular weight is 251 g/mol. The molecule has 3 rings (SSSR count). The maximum absolute atomic E-state index is 6.76. The minimum absolute atomic E-state index is 0.204. The van der Waals surface area contributed by atoms with Gasteiger partial charge in [0.15, 0.2) is 0 Å². The minimum atomic E-state index is -0.204. The van der Waals surface area contributed by atoms with Gasteiger partial charge in [-0.2, -0.15) is 0 Å². The Kier molecular flexibility index (Phi) is 2.94. The summed E-state index contributed by atoms with van der Waals surface area (Å²) in [6, 6.07) is 15.3. The lowest BCUT2D eigenvalue weighted by atomic mass is 9.73. The van der Waals surface area contributed by atoms with E-state index in [0.717, 1.165) is 19.3 Å². The first-order valence-corrected chi connectivity index (χ1v) is 7.02. The standard InChI is InChI=1S/C18H21N/c1-13-7-8-14(2)17(11-13)18(19)10-9-15-5-3-4-6-16(15)12-18/h3-8,11H,9-10,12,19H2,1-2H3. The van der Waals surface area contributed by atoms with E-state index in [1.54, 1.807) is 0 Å². The normalized spacial score (nSPS) is 22.1. The maximum Gasteiger partial charge on any atom is 0.0456 e. The van der Waals surface area contributed by atoms with Crippen LogP contribution in [0, 0.1) is 13.8 Å². The minimum Gasteiger partial charge on any atom is -0.321 e. The Morgan fingerprint density at radius 1 is 1.00 bits per heavy atom. The average Bonchev–Trinajstić information content (AvgIpc) is 2.41. The van der Waals surface area contributed by atoms with Crippen molar-refractivity contribution in [2.45, 2.75) is 38.6 Å². The van der Waals surface area contributed by atoms with Gasteiger partial charge in [0.25, 0.3) is 0 Å². The molecule has 19 heavy (non-hydrogen) atoms. The number of hydrogen-bond donors (Lipinski definition) is 1. The molecule has 2 aromatic rings. The number of rotatable bonds is 1. The highest BCUT2D eigenvalue weighted by Crippen LogP contribution is 2.36. The fourth-order valence-electron chi connectivity index (χ4n) is 3.26. The molecule has 2 aromatic carbocycles. The van der Waals surface area contributed by atoms with Gasteiger partial charge in [0.2, 0.25) is 0 Å². The van der Waals surface area contributed by atoms with Crippen molar-refractivity contribution in [3.63, 3.8) is 0 Å². The summed E-state index contributed by atoms with van der Waals surface area (Å²) < 4.78 is 0. The van der Waals surface area contributed by atoms with Crippen LogP contribution in [0.5, 0.6) is 0 Å². The first kappa shape index (κ1) is 12.4. The van der Waals surface area contributed by atoms with Crippen molar-refractivity contribution in [1.82, 2.24) is 0 Å². The highest BCUT2D eigenvalue weighted by molar-refractivity contribution is 5.41. The van der Waals surface area contributed by atoms with Crippen molar-refractivity contribution in [1.29, 1.82) is 0 Å². The molecule has 0 bridgehead atoms. The van der Waals surface area contributed by atoms with Gasteiger partial charge in [-0.05, 0) is 55.4 Å². The summed E-state index contributed by atoms with van der Waals surface area (Å²) in [5.41, 5.74) is 13.4. The Morgan fingerprint density at radius 2 is 1.74 bits per heavy atom. The van der Waals surface area contributed by atoms with Crippen LogP contribution in [0.3, 0.4) is 0 Å². The van der Waals surface area contributed by atoms with E-state index in [0.29, 0.717) is 0 Å². The second kappa shape index (κ2) is 4.50.